The molecule has 100 valence electrons. The molecule has 0 bridgehead atoms. The zero-order valence-corrected chi connectivity index (χ0v) is 11.5. The van der Waals surface area contributed by atoms with Crippen LogP contribution in [0.2, 0.25) is 0 Å². The van der Waals surface area contributed by atoms with Crippen molar-refractivity contribution in [2.24, 2.45) is 0 Å². The van der Waals surface area contributed by atoms with Gasteiger partial charge in [-0.3, -0.25) is 0 Å². The molecule has 0 spiro atoms. The van der Waals surface area contributed by atoms with Crippen molar-refractivity contribution in [1.29, 1.82) is 0 Å². The van der Waals surface area contributed by atoms with E-state index in [1.807, 2.05) is 0 Å². The molecule has 0 atom stereocenters. The minimum atomic E-state index is -0.525. The van der Waals surface area contributed by atoms with E-state index in [1.165, 1.54) is 11.1 Å². The molecule has 0 saturated heterocycles. The maximum Gasteiger partial charge on any atom is 0.0689 e. The lowest BCUT2D eigenvalue weighted by Gasteiger charge is -2.35. The largest absolute Gasteiger partial charge is 0.390 e. The molecule has 1 aromatic rings. The first-order chi connectivity index (χ1) is 8.65. The summed E-state index contributed by atoms with van der Waals surface area (Å²) < 4.78 is 5.35. The third-order valence-corrected chi connectivity index (χ3v) is 4.16. The first kappa shape index (κ1) is 13.6. The summed E-state index contributed by atoms with van der Waals surface area (Å²) in [5, 5.41) is 10.6. The van der Waals surface area contributed by atoms with Crippen LogP contribution in [0.5, 0.6) is 0 Å². The zero-order valence-electron chi connectivity index (χ0n) is 11.5. The SMILES string of the molecule is CCc1ccc(CC2(O)CCC(OC)CC2)cc1. The molecule has 0 heterocycles. The Morgan fingerprint density at radius 2 is 1.72 bits per heavy atom. The van der Waals surface area contributed by atoms with Gasteiger partial charge in [-0.05, 0) is 43.2 Å². The van der Waals surface area contributed by atoms with Gasteiger partial charge in [0.1, 0.15) is 0 Å². The molecule has 0 amide bonds. The molecule has 0 aromatic heterocycles. The van der Waals surface area contributed by atoms with E-state index in [1.54, 1.807) is 7.11 Å². The zero-order chi connectivity index (χ0) is 13.0. The molecule has 0 radical (unpaired) electrons. The van der Waals surface area contributed by atoms with E-state index in [9.17, 15) is 5.11 Å². The minimum Gasteiger partial charge on any atom is -0.390 e. The molecule has 2 nitrogen and oxygen atoms in total. The Morgan fingerprint density at radius 3 is 2.22 bits per heavy atom. The number of aryl methyl sites for hydroxylation is 1. The molecule has 0 unspecified atom stereocenters. The molecule has 1 aliphatic rings. The second kappa shape index (κ2) is 5.85. The van der Waals surface area contributed by atoms with Crippen molar-refractivity contribution < 1.29 is 9.84 Å². The second-order valence-electron chi connectivity index (χ2n) is 5.51. The van der Waals surface area contributed by atoms with E-state index in [0.29, 0.717) is 6.10 Å². The highest BCUT2D eigenvalue weighted by Crippen LogP contribution is 2.32. The van der Waals surface area contributed by atoms with Gasteiger partial charge in [0.2, 0.25) is 0 Å². The summed E-state index contributed by atoms with van der Waals surface area (Å²) in [5.74, 6) is 0. The number of hydrogen-bond acceptors (Lipinski definition) is 2. The fourth-order valence-electron chi connectivity index (χ4n) is 2.81. The molecule has 1 aliphatic carbocycles. The van der Waals surface area contributed by atoms with Gasteiger partial charge in [0, 0.05) is 13.5 Å². The Hall–Kier alpha value is -0.860. The molecular formula is C16H24O2. The van der Waals surface area contributed by atoms with Gasteiger partial charge < -0.3 is 9.84 Å². The summed E-state index contributed by atoms with van der Waals surface area (Å²) in [5.41, 5.74) is 2.07. The number of aliphatic hydroxyl groups is 1. The van der Waals surface area contributed by atoms with Crippen LogP contribution >= 0.6 is 0 Å². The average molecular weight is 248 g/mol. The van der Waals surface area contributed by atoms with Crippen LogP contribution in [0.25, 0.3) is 0 Å². The number of hydrogen-bond donors (Lipinski definition) is 1. The third-order valence-electron chi connectivity index (χ3n) is 4.16. The molecule has 1 N–H and O–H groups in total. The number of rotatable bonds is 4. The van der Waals surface area contributed by atoms with Gasteiger partial charge in [-0.1, -0.05) is 31.2 Å². The fraction of sp³-hybridized carbons (Fsp3) is 0.625. The molecule has 18 heavy (non-hydrogen) atoms. The Labute approximate surface area is 110 Å². The van der Waals surface area contributed by atoms with Gasteiger partial charge >= 0.3 is 0 Å². The van der Waals surface area contributed by atoms with Gasteiger partial charge in [0.15, 0.2) is 0 Å². The topological polar surface area (TPSA) is 29.5 Å². The third kappa shape index (κ3) is 3.33. The highest BCUT2D eigenvalue weighted by atomic mass is 16.5. The summed E-state index contributed by atoms with van der Waals surface area (Å²) in [6.45, 7) is 2.16. The van der Waals surface area contributed by atoms with Gasteiger partial charge in [0.05, 0.1) is 11.7 Å². The maximum atomic E-state index is 10.6. The predicted molar refractivity (Wildman–Crippen MR) is 73.7 cm³/mol. The molecule has 1 fully saturated rings. The summed E-state index contributed by atoms with van der Waals surface area (Å²) >= 11 is 0. The van der Waals surface area contributed by atoms with Crippen LogP contribution in [0.3, 0.4) is 0 Å². The van der Waals surface area contributed by atoms with Crippen LogP contribution in [-0.2, 0) is 17.6 Å². The van der Waals surface area contributed by atoms with Gasteiger partial charge in [-0.15, -0.1) is 0 Å². The Morgan fingerprint density at radius 1 is 1.17 bits per heavy atom. The average Bonchev–Trinajstić information content (AvgIpc) is 2.40. The standard InChI is InChI=1S/C16H24O2/c1-3-13-4-6-14(7-5-13)12-16(17)10-8-15(18-2)9-11-16/h4-7,15,17H,3,8-12H2,1-2H3. The van der Waals surface area contributed by atoms with Crippen LogP contribution in [-0.4, -0.2) is 23.9 Å². The smallest absolute Gasteiger partial charge is 0.0689 e. The summed E-state index contributed by atoms with van der Waals surface area (Å²) in [4.78, 5) is 0. The number of ether oxygens (including phenoxy) is 1. The molecule has 1 aromatic carbocycles. The molecule has 2 rings (SSSR count). The van der Waals surface area contributed by atoms with Crippen molar-refractivity contribution in [3.63, 3.8) is 0 Å². The quantitative estimate of drug-likeness (QED) is 0.887. The Balaban J connectivity index is 1.95. The first-order valence-corrected chi connectivity index (χ1v) is 6.98. The number of methoxy groups -OCH3 is 1. The van der Waals surface area contributed by atoms with Crippen LogP contribution < -0.4 is 0 Å². The van der Waals surface area contributed by atoms with Crippen LogP contribution in [0.4, 0.5) is 0 Å². The lowest BCUT2D eigenvalue weighted by molar-refractivity contribution is -0.0427. The molecular weight excluding hydrogens is 224 g/mol. The van der Waals surface area contributed by atoms with Gasteiger partial charge in [-0.2, -0.15) is 0 Å². The van der Waals surface area contributed by atoms with E-state index in [2.05, 4.69) is 31.2 Å². The number of benzene rings is 1. The maximum absolute atomic E-state index is 10.6. The van der Waals surface area contributed by atoms with Crippen molar-refractivity contribution in [1.82, 2.24) is 0 Å². The Kier molecular flexibility index (Phi) is 4.41. The molecule has 2 heteroatoms. The van der Waals surface area contributed by atoms with Crippen LogP contribution in [0, 0.1) is 0 Å². The monoisotopic (exact) mass is 248 g/mol. The summed E-state index contributed by atoms with van der Waals surface area (Å²) in [7, 11) is 1.76. The van der Waals surface area contributed by atoms with E-state index in [4.69, 9.17) is 4.74 Å². The second-order valence-corrected chi connectivity index (χ2v) is 5.51. The van der Waals surface area contributed by atoms with Crippen molar-refractivity contribution in [3.05, 3.63) is 35.4 Å². The van der Waals surface area contributed by atoms with Crippen molar-refractivity contribution in [2.75, 3.05) is 7.11 Å². The minimum absolute atomic E-state index is 0.341. The predicted octanol–water partition coefficient (Wildman–Crippen LogP) is 3.11. The lowest BCUT2D eigenvalue weighted by Crippen LogP contribution is -2.38. The van der Waals surface area contributed by atoms with Crippen molar-refractivity contribution >= 4 is 0 Å². The Bertz CT molecular complexity index is 361. The summed E-state index contributed by atoms with van der Waals surface area (Å²) in [6, 6.07) is 8.64. The molecule has 1 saturated carbocycles. The van der Waals surface area contributed by atoms with Gasteiger partial charge in [-0.25, -0.2) is 0 Å². The fourth-order valence-corrected chi connectivity index (χ4v) is 2.81. The van der Waals surface area contributed by atoms with Crippen LogP contribution in [0.1, 0.15) is 43.7 Å². The van der Waals surface area contributed by atoms with E-state index in [-0.39, 0.29) is 0 Å². The lowest BCUT2D eigenvalue weighted by atomic mass is 9.79. The van der Waals surface area contributed by atoms with E-state index < -0.39 is 5.60 Å². The first-order valence-electron chi connectivity index (χ1n) is 6.98. The van der Waals surface area contributed by atoms with Crippen molar-refractivity contribution in [2.45, 2.75) is 57.2 Å². The highest BCUT2D eigenvalue weighted by Gasteiger charge is 2.33. The van der Waals surface area contributed by atoms with E-state index in [0.717, 1.165) is 38.5 Å². The van der Waals surface area contributed by atoms with Gasteiger partial charge in [0.25, 0.3) is 0 Å². The van der Waals surface area contributed by atoms with E-state index >= 15 is 0 Å². The summed E-state index contributed by atoms with van der Waals surface area (Å²) in [6.07, 6.45) is 5.82. The molecule has 0 aliphatic heterocycles. The highest BCUT2D eigenvalue weighted by molar-refractivity contribution is 5.24. The van der Waals surface area contributed by atoms with Crippen LogP contribution in [0.15, 0.2) is 24.3 Å². The normalized spacial score (nSPS) is 28.3. The van der Waals surface area contributed by atoms with Crippen molar-refractivity contribution in [3.8, 4) is 0 Å².